The highest BCUT2D eigenvalue weighted by Gasteiger charge is 2.01. The van der Waals surface area contributed by atoms with E-state index in [2.05, 4.69) is 21.4 Å². The molecule has 0 spiro atoms. The van der Waals surface area contributed by atoms with Gasteiger partial charge >= 0.3 is 0 Å². The maximum atomic E-state index is 4.30. The lowest BCUT2D eigenvalue weighted by molar-refractivity contribution is 1.22. The number of pyridine rings is 1. The fourth-order valence-corrected chi connectivity index (χ4v) is 1.78. The third kappa shape index (κ3) is 1.14. The van der Waals surface area contributed by atoms with Crippen molar-refractivity contribution in [3.63, 3.8) is 0 Å². The van der Waals surface area contributed by atoms with Gasteiger partial charge in [-0.25, -0.2) is 9.97 Å². The zero-order chi connectivity index (χ0) is 8.55. The van der Waals surface area contributed by atoms with Crippen LogP contribution in [-0.2, 0) is 0 Å². The third-order valence-electron chi connectivity index (χ3n) is 1.61. The average Bonchev–Trinajstić information content (AvgIpc) is 2.46. The molecule has 2 rings (SSSR count). The van der Waals surface area contributed by atoms with Gasteiger partial charge in [0.15, 0.2) is 10.8 Å². The van der Waals surface area contributed by atoms with Crippen molar-refractivity contribution in [3.8, 4) is 0 Å². The summed E-state index contributed by atoms with van der Waals surface area (Å²) < 4.78 is 1.13. The molecule has 2 aromatic heterocycles. The van der Waals surface area contributed by atoms with Crippen molar-refractivity contribution in [3.05, 3.63) is 17.8 Å². The Bertz CT molecular complexity index is 408. The van der Waals surface area contributed by atoms with Gasteiger partial charge in [0.2, 0.25) is 0 Å². The molecule has 0 saturated carbocycles. The lowest BCUT2D eigenvalue weighted by Gasteiger charge is -1.87. The van der Waals surface area contributed by atoms with Crippen LogP contribution >= 0.6 is 11.3 Å². The molecule has 0 aromatic carbocycles. The summed E-state index contributed by atoms with van der Waals surface area (Å²) in [7, 11) is 1.87. The molecule has 4 heteroatoms. The second kappa shape index (κ2) is 2.71. The van der Waals surface area contributed by atoms with Crippen LogP contribution in [0.4, 0.5) is 5.13 Å². The molecule has 0 amide bonds. The van der Waals surface area contributed by atoms with E-state index >= 15 is 0 Å². The molecule has 0 unspecified atom stereocenters. The van der Waals surface area contributed by atoms with Crippen LogP contribution in [0.5, 0.6) is 0 Å². The van der Waals surface area contributed by atoms with E-state index < -0.39 is 0 Å². The van der Waals surface area contributed by atoms with Crippen molar-refractivity contribution >= 4 is 26.8 Å². The van der Waals surface area contributed by atoms with E-state index in [4.69, 9.17) is 0 Å². The summed E-state index contributed by atoms with van der Waals surface area (Å²) in [6.07, 6.45) is 0. The molecular formula is C8H9N3S. The maximum Gasteiger partial charge on any atom is 0.185 e. The van der Waals surface area contributed by atoms with E-state index in [-0.39, 0.29) is 0 Å². The summed E-state index contributed by atoms with van der Waals surface area (Å²) in [5, 5.41) is 3.92. The number of aryl methyl sites for hydroxylation is 1. The molecule has 1 N–H and O–H groups in total. The highest BCUT2D eigenvalue weighted by Crippen LogP contribution is 2.23. The molecule has 0 bridgehead atoms. The summed E-state index contributed by atoms with van der Waals surface area (Å²) in [6, 6.07) is 4.05. The normalized spacial score (nSPS) is 10.5. The highest BCUT2D eigenvalue weighted by molar-refractivity contribution is 7.22. The van der Waals surface area contributed by atoms with Crippen LogP contribution in [0.1, 0.15) is 5.69 Å². The van der Waals surface area contributed by atoms with Crippen molar-refractivity contribution in [1.29, 1.82) is 0 Å². The van der Waals surface area contributed by atoms with Crippen molar-refractivity contribution in [2.75, 3.05) is 12.4 Å². The number of rotatable bonds is 1. The zero-order valence-electron chi connectivity index (χ0n) is 6.96. The Kier molecular flexibility index (Phi) is 1.69. The van der Waals surface area contributed by atoms with Crippen LogP contribution < -0.4 is 5.32 Å². The van der Waals surface area contributed by atoms with Gasteiger partial charge in [-0.2, -0.15) is 0 Å². The van der Waals surface area contributed by atoms with Crippen molar-refractivity contribution < 1.29 is 0 Å². The predicted molar refractivity (Wildman–Crippen MR) is 51.7 cm³/mol. The average molecular weight is 179 g/mol. The predicted octanol–water partition coefficient (Wildman–Crippen LogP) is 2.04. The van der Waals surface area contributed by atoms with Crippen LogP contribution in [0.2, 0.25) is 0 Å². The minimum Gasteiger partial charge on any atom is -0.365 e. The largest absolute Gasteiger partial charge is 0.365 e. The van der Waals surface area contributed by atoms with Crippen LogP contribution in [0.3, 0.4) is 0 Å². The molecule has 0 atom stereocenters. The van der Waals surface area contributed by atoms with Gasteiger partial charge in [-0.15, -0.1) is 0 Å². The minimum absolute atomic E-state index is 0.837. The number of hydrogen-bond donors (Lipinski definition) is 1. The SMILES string of the molecule is CNc1nc2nc(C)ccc2s1. The quantitative estimate of drug-likeness (QED) is 0.728. The van der Waals surface area contributed by atoms with E-state index in [1.807, 2.05) is 20.0 Å². The van der Waals surface area contributed by atoms with E-state index in [1.54, 1.807) is 11.3 Å². The lowest BCUT2D eigenvalue weighted by atomic mass is 10.4. The van der Waals surface area contributed by atoms with E-state index in [1.165, 1.54) is 0 Å². The first-order chi connectivity index (χ1) is 5.79. The molecule has 62 valence electrons. The van der Waals surface area contributed by atoms with E-state index in [0.29, 0.717) is 0 Å². The first kappa shape index (κ1) is 7.49. The van der Waals surface area contributed by atoms with E-state index in [0.717, 1.165) is 21.2 Å². The second-order valence-corrected chi connectivity index (χ2v) is 3.57. The molecule has 0 aliphatic rings. The van der Waals surface area contributed by atoms with Gasteiger partial charge in [0.1, 0.15) is 0 Å². The molecule has 0 aliphatic carbocycles. The topological polar surface area (TPSA) is 37.8 Å². The summed E-state index contributed by atoms with van der Waals surface area (Å²) in [6.45, 7) is 1.97. The van der Waals surface area contributed by atoms with Gasteiger partial charge in [0, 0.05) is 12.7 Å². The van der Waals surface area contributed by atoms with Crippen LogP contribution in [0.15, 0.2) is 12.1 Å². The highest BCUT2D eigenvalue weighted by atomic mass is 32.1. The van der Waals surface area contributed by atoms with Crippen LogP contribution in [0, 0.1) is 6.92 Å². The second-order valence-electron chi connectivity index (χ2n) is 2.54. The summed E-state index contributed by atoms with van der Waals surface area (Å²) in [5.74, 6) is 0. The first-order valence-corrected chi connectivity index (χ1v) is 4.53. The Balaban J connectivity index is 2.67. The summed E-state index contributed by atoms with van der Waals surface area (Å²) >= 11 is 1.62. The van der Waals surface area contributed by atoms with Gasteiger partial charge in [-0.05, 0) is 19.1 Å². The Morgan fingerprint density at radius 3 is 2.92 bits per heavy atom. The Labute approximate surface area is 74.5 Å². The molecule has 0 saturated heterocycles. The smallest absolute Gasteiger partial charge is 0.185 e. The zero-order valence-corrected chi connectivity index (χ0v) is 7.77. The molecule has 2 aromatic rings. The molecule has 12 heavy (non-hydrogen) atoms. The number of hydrogen-bond acceptors (Lipinski definition) is 4. The minimum atomic E-state index is 0.837. The Morgan fingerprint density at radius 1 is 1.33 bits per heavy atom. The van der Waals surface area contributed by atoms with Gasteiger partial charge < -0.3 is 5.32 Å². The van der Waals surface area contributed by atoms with Crippen molar-refractivity contribution in [1.82, 2.24) is 9.97 Å². The first-order valence-electron chi connectivity index (χ1n) is 3.71. The molecule has 3 nitrogen and oxygen atoms in total. The number of nitrogens with one attached hydrogen (secondary N) is 1. The number of fused-ring (bicyclic) bond motifs is 1. The van der Waals surface area contributed by atoms with Gasteiger partial charge in [0.05, 0.1) is 4.70 Å². The molecule has 0 aliphatic heterocycles. The van der Waals surface area contributed by atoms with Crippen molar-refractivity contribution in [2.45, 2.75) is 6.92 Å². The fourth-order valence-electron chi connectivity index (χ4n) is 1.02. The Hall–Kier alpha value is -1.16. The monoisotopic (exact) mass is 179 g/mol. The third-order valence-corrected chi connectivity index (χ3v) is 2.63. The number of anilines is 1. The van der Waals surface area contributed by atoms with Gasteiger partial charge in [0.25, 0.3) is 0 Å². The Morgan fingerprint density at radius 2 is 2.17 bits per heavy atom. The van der Waals surface area contributed by atoms with Crippen LogP contribution in [0.25, 0.3) is 10.3 Å². The van der Waals surface area contributed by atoms with Crippen LogP contribution in [-0.4, -0.2) is 17.0 Å². The number of aromatic nitrogens is 2. The fraction of sp³-hybridized carbons (Fsp3) is 0.250. The summed E-state index contributed by atoms with van der Waals surface area (Å²) in [4.78, 5) is 8.59. The standard InChI is InChI=1S/C8H9N3S/c1-5-3-4-6-7(10-5)11-8(9-2)12-6/h3-4H,1-2H3,(H,9,10,11). The summed E-state index contributed by atoms with van der Waals surface area (Å²) in [5.41, 5.74) is 1.85. The molecule has 0 fully saturated rings. The molecule has 2 heterocycles. The maximum absolute atomic E-state index is 4.30. The van der Waals surface area contributed by atoms with Crippen molar-refractivity contribution in [2.24, 2.45) is 0 Å². The number of nitrogens with zero attached hydrogens (tertiary/aromatic N) is 2. The molecular weight excluding hydrogens is 170 g/mol. The van der Waals surface area contributed by atoms with E-state index in [9.17, 15) is 0 Å². The molecule has 0 radical (unpaired) electrons. The van der Waals surface area contributed by atoms with Gasteiger partial charge in [-0.3, -0.25) is 0 Å². The lowest BCUT2D eigenvalue weighted by Crippen LogP contribution is -1.85. The number of thiazole rings is 1. The van der Waals surface area contributed by atoms with Gasteiger partial charge in [-0.1, -0.05) is 11.3 Å².